The molecule has 0 fully saturated rings. The predicted octanol–water partition coefficient (Wildman–Crippen LogP) is 16.1. The van der Waals surface area contributed by atoms with E-state index in [0.717, 1.165) is 60.9 Å². The minimum atomic E-state index is -0.425. The monoisotopic (exact) mass is 865 g/mol. The van der Waals surface area contributed by atoms with Gasteiger partial charge in [0.1, 0.15) is 11.2 Å². The smallest absolute Gasteiger partial charge is 0.164 e. The Morgan fingerprint density at radius 2 is 0.735 bits per heavy atom. The molecule has 0 amide bonds. The first-order chi connectivity index (χ1) is 33.7. The number of benzene rings is 10. The van der Waals surface area contributed by atoms with Gasteiger partial charge in [0.05, 0.1) is 5.41 Å². The Morgan fingerprint density at radius 3 is 1.41 bits per heavy atom. The van der Waals surface area contributed by atoms with E-state index in [1.807, 2.05) is 54.6 Å². The van der Waals surface area contributed by atoms with Crippen LogP contribution in [0.5, 0.6) is 0 Å². The summed E-state index contributed by atoms with van der Waals surface area (Å²) in [7, 11) is 0. The van der Waals surface area contributed by atoms with E-state index in [2.05, 4.69) is 182 Å². The predicted molar refractivity (Wildman–Crippen MR) is 276 cm³/mol. The van der Waals surface area contributed by atoms with E-state index in [1.54, 1.807) is 0 Å². The highest BCUT2D eigenvalue weighted by atomic mass is 16.3. The summed E-state index contributed by atoms with van der Waals surface area (Å²) in [6.45, 7) is 0. The summed E-state index contributed by atoms with van der Waals surface area (Å²) in [4.78, 5) is 15.6. The molecule has 12 aromatic rings. The lowest BCUT2D eigenvalue weighted by molar-refractivity contribution is 0.669. The third-order valence-corrected chi connectivity index (χ3v) is 14.2. The van der Waals surface area contributed by atoms with Crippen molar-refractivity contribution < 1.29 is 4.42 Å². The van der Waals surface area contributed by atoms with Gasteiger partial charge in [0.2, 0.25) is 0 Å². The lowest BCUT2D eigenvalue weighted by Crippen LogP contribution is -2.26. The molecule has 0 aliphatic heterocycles. The number of furan rings is 1. The minimum absolute atomic E-state index is 0.425. The molecule has 0 radical (unpaired) electrons. The van der Waals surface area contributed by atoms with E-state index < -0.39 is 5.41 Å². The highest BCUT2D eigenvalue weighted by Crippen LogP contribution is 2.64. The van der Waals surface area contributed by atoms with Crippen LogP contribution in [-0.4, -0.2) is 15.0 Å². The van der Waals surface area contributed by atoms with Crippen molar-refractivity contribution in [1.82, 2.24) is 15.0 Å². The van der Waals surface area contributed by atoms with E-state index in [9.17, 15) is 0 Å². The highest BCUT2D eigenvalue weighted by molar-refractivity contribution is 6.13. The zero-order valence-corrected chi connectivity index (χ0v) is 36.8. The van der Waals surface area contributed by atoms with Gasteiger partial charge < -0.3 is 4.42 Å². The number of rotatable bonds is 6. The second-order valence-corrected chi connectivity index (χ2v) is 17.8. The van der Waals surface area contributed by atoms with Gasteiger partial charge in [-0.25, -0.2) is 15.0 Å². The van der Waals surface area contributed by atoms with E-state index in [4.69, 9.17) is 19.4 Å². The van der Waals surface area contributed by atoms with Crippen LogP contribution in [0, 0.1) is 0 Å². The Bertz CT molecular complexity index is 3900. The van der Waals surface area contributed by atoms with E-state index in [0.29, 0.717) is 17.5 Å². The van der Waals surface area contributed by atoms with Gasteiger partial charge in [-0.3, -0.25) is 0 Å². The first kappa shape index (κ1) is 38.3. The fourth-order valence-corrected chi connectivity index (χ4v) is 11.3. The van der Waals surface area contributed by atoms with E-state index >= 15 is 0 Å². The van der Waals surface area contributed by atoms with E-state index in [-0.39, 0.29) is 0 Å². The Kier molecular flexibility index (Phi) is 8.46. The minimum Gasteiger partial charge on any atom is -0.456 e. The van der Waals surface area contributed by atoms with Gasteiger partial charge in [0, 0.05) is 27.5 Å². The maximum atomic E-state index is 6.58. The van der Waals surface area contributed by atoms with Crippen LogP contribution in [0.3, 0.4) is 0 Å². The Labute approximate surface area is 393 Å². The van der Waals surface area contributed by atoms with E-state index in [1.165, 1.54) is 55.6 Å². The Morgan fingerprint density at radius 1 is 0.279 bits per heavy atom. The molecule has 68 heavy (non-hydrogen) atoms. The van der Waals surface area contributed by atoms with Crippen molar-refractivity contribution in [1.29, 1.82) is 0 Å². The quantitative estimate of drug-likeness (QED) is 0.167. The molecule has 0 N–H and O–H groups in total. The SMILES string of the molecule is c1ccc(-c2nc(-c3ccccc3-c3ccccc3)nc(-c3cccc4oc5ccc(-c6ccc(-c7cccc8c7C7(c9ccccc9-c9ccccc97)c7ccccc7-8)cc6)cc5c34)n2)cc1. The summed E-state index contributed by atoms with van der Waals surface area (Å²) >= 11 is 0. The summed E-state index contributed by atoms with van der Waals surface area (Å²) in [5, 5.41) is 1.97. The molecule has 1 spiro atoms. The van der Waals surface area contributed by atoms with Crippen LogP contribution >= 0.6 is 0 Å². The number of fused-ring (bicyclic) bond motifs is 13. The molecular weight excluding hydrogens is 827 g/mol. The van der Waals surface area contributed by atoms with Gasteiger partial charge in [-0.2, -0.15) is 0 Å². The molecule has 2 heterocycles. The van der Waals surface area contributed by atoms with Crippen LogP contribution in [0.25, 0.3) is 112 Å². The molecule has 4 heteroatoms. The van der Waals surface area contributed by atoms with Crippen LogP contribution in [-0.2, 0) is 5.41 Å². The van der Waals surface area contributed by atoms with Gasteiger partial charge in [-0.05, 0) is 96.1 Å². The lowest BCUT2D eigenvalue weighted by atomic mass is 9.68. The summed E-state index contributed by atoms with van der Waals surface area (Å²) in [5.41, 5.74) is 21.3. The average Bonchev–Trinajstić information content (AvgIpc) is 4.05. The van der Waals surface area contributed by atoms with Gasteiger partial charge >= 0.3 is 0 Å². The molecule has 0 saturated carbocycles. The van der Waals surface area contributed by atoms with Gasteiger partial charge in [-0.1, -0.05) is 218 Å². The lowest BCUT2D eigenvalue weighted by Gasteiger charge is -2.32. The maximum absolute atomic E-state index is 6.58. The molecular formula is C64H39N3O. The van der Waals surface area contributed by atoms with Crippen LogP contribution in [0.4, 0.5) is 0 Å². The van der Waals surface area contributed by atoms with Crippen LogP contribution in [0.2, 0.25) is 0 Å². The second kappa shape index (κ2) is 15.0. The molecule has 10 aromatic carbocycles. The summed E-state index contributed by atoms with van der Waals surface area (Å²) in [6.07, 6.45) is 0. The first-order valence-electron chi connectivity index (χ1n) is 23.2. The van der Waals surface area contributed by atoms with Gasteiger partial charge in [-0.15, -0.1) is 0 Å². The average molecular weight is 866 g/mol. The van der Waals surface area contributed by atoms with Crippen LogP contribution < -0.4 is 0 Å². The molecule has 4 nitrogen and oxygen atoms in total. The van der Waals surface area contributed by atoms with Crippen molar-refractivity contribution in [2.75, 3.05) is 0 Å². The van der Waals surface area contributed by atoms with Crippen LogP contribution in [0.1, 0.15) is 22.3 Å². The van der Waals surface area contributed by atoms with Crippen molar-refractivity contribution >= 4 is 21.9 Å². The van der Waals surface area contributed by atoms with Gasteiger partial charge in [0.15, 0.2) is 17.5 Å². The van der Waals surface area contributed by atoms with Crippen molar-refractivity contribution in [3.05, 3.63) is 259 Å². The third-order valence-electron chi connectivity index (χ3n) is 14.2. The van der Waals surface area contributed by atoms with Gasteiger partial charge in [0.25, 0.3) is 0 Å². The summed E-state index contributed by atoms with van der Waals surface area (Å²) in [6, 6.07) is 84.5. The Balaban J connectivity index is 0.899. The molecule has 0 atom stereocenters. The topological polar surface area (TPSA) is 51.8 Å². The molecule has 2 aromatic heterocycles. The standard InChI is InChI=1S/C64H39N3O/c1-3-17-41(18-4-1)45-21-7-8-25-51(45)62-65-61(43-19-5-2-6-20-43)66-63(67-62)52-28-16-32-58-59(52)53-39-44(37-38-57(53)68-58)40-33-35-42(36-34-40)46-26-15-27-50-49-24-11-14-31-56(49)64(60(46)50)54-29-12-9-22-47(54)48-23-10-13-30-55(48)64/h1-39H. The molecule has 14 rings (SSSR count). The third kappa shape index (κ3) is 5.64. The van der Waals surface area contributed by atoms with Crippen molar-refractivity contribution in [2.24, 2.45) is 0 Å². The normalized spacial score (nSPS) is 12.8. The Hall–Kier alpha value is -8.99. The summed E-state index contributed by atoms with van der Waals surface area (Å²) < 4.78 is 6.58. The fraction of sp³-hybridized carbons (Fsp3) is 0.0156. The number of hydrogen-bond acceptors (Lipinski definition) is 4. The number of hydrogen-bond donors (Lipinski definition) is 0. The molecule has 0 bridgehead atoms. The van der Waals surface area contributed by atoms with Crippen molar-refractivity contribution in [2.45, 2.75) is 5.41 Å². The second-order valence-electron chi connectivity index (χ2n) is 17.8. The maximum Gasteiger partial charge on any atom is 0.164 e. The zero-order valence-electron chi connectivity index (χ0n) is 36.8. The fourth-order valence-electron chi connectivity index (χ4n) is 11.3. The van der Waals surface area contributed by atoms with Crippen molar-refractivity contribution in [3.63, 3.8) is 0 Å². The highest BCUT2D eigenvalue weighted by Gasteiger charge is 2.52. The molecule has 2 aliphatic carbocycles. The summed E-state index contributed by atoms with van der Waals surface area (Å²) in [5.74, 6) is 1.81. The van der Waals surface area contributed by atoms with Crippen molar-refractivity contribution in [3.8, 4) is 89.8 Å². The van der Waals surface area contributed by atoms with Crippen LogP contribution in [0.15, 0.2) is 241 Å². The zero-order chi connectivity index (χ0) is 44.8. The number of nitrogens with zero attached hydrogens (tertiary/aromatic N) is 3. The molecule has 0 unspecified atom stereocenters. The molecule has 2 aliphatic rings. The molecule has 316 valence electrons. The first-order valence-corrected chi connectivity index (χ1v) is 23.2. The number of aromatic nitrogens is 3. The largest absolute Gasteiger partial charge is 0.456 e. The molecule has 0 saturated heterocycles.